The highest BCUT2D eigenvalue weighted by molar-refractivity contribution is 8.00. The summed E-state index contributed by atoms with van der Waals surface area (Å²) in [5.74, 6) is 0.495. The molecule has 0 saturated carbocycles. The summed E-state index contributed by atoms with van der Waals surface area (Å²) in [6.45, 7) is 2.80. The van der Waals surface area contributed by atoms with Crippen LogP contribution in [0.3, 0.4) is 0 Å². The van der Waals surface area contributed by atoms with E-state index in [4.69, 9.17) is 0 Å². The monoisotopic (exact) mass is 471 g/mol. The third-order valence-corrected chi connectivity index (χ3v) is 7.72. The number of amides is 2. The Hall–Kier alpha value is -3.25. The van der Waals surface area contributed by atoms with Gasteiger partial charge in [0.25, 0.3) is 5.91 Å². The lowest BCUT2D eigenvalue weighted by Gasteiger charge is -2.28. The van der Waals surface area contributed by atoms with E-state index in [9.17, 15) is 9.59 Å². The van der Waals surface area contributed by atoms with Gasteiger partial charge in [-0.1, -0.05) is 42.5 Å². The molecule has 2 aliphatic heterocycles. The van der Waals surface area contributed by atoms with Crippen molar-refractivity contribution in [3.05, 3.63) is 95.6 Å². The van der Waals surface area contributed by atoms with E-state index in [0.29, 0.717) is 17.9 Å². The van der Waals surface area contributed by atoms with E-state index in [2.05, 4.69) is 22.3 Å². The summed E-state index contributed by atoms with van der Waals surface area (Å²) in [5.41, 5.74) is 4.76. The van der Waals surface area contributed by atoms with Gasteiger partial charge in [0.05, 0.1) is 5.75 Å². The van der Waals surface area contributed by atoms with Gasteiger partial charge in [0.15, 0.2) is 0 Å². The lowest BCUT2D eigenvalue weighted by atomic mass is 10.1. The van der Waals surface area contributed by atoms with Gasteiger partial charge < -0.3 is 15.1 Å². The van der Waals surface area contributed by atoms with Crippen LogP contribution in [-0.2, 0) is 11.3 Å². The minimum atomic E-state index is -0.131. The molecule has 2 aliphatic rings. The summed E-state index contributed by atoms with van der Waals surface area (Å²) in [6, 6.07) is 25.8. The van der Waals surface area contributed by atoms with Crippen molar-refractivity contribution in [1.29, 1.82) is 0 Å². The van der Waals surface area contributed by atoms with Crippen LogP contribution in [0.4, 0.5) is 11.4 Å². The molecule has 0 aromatic heterocycles. The number of nitrogens with zero attached hydrogens (tertiary/aromatic N) is 2. The number of carbonyl (C=O) groups excluding carboxylic acids is 2. The van der Waals surface area contributed by atoms with Crippen LogP contribution in [0.15, 0.2) is 78.9 Å². The van der Waals surface area contributed by atoms with Crippen LogP contribution in [-0.4, -0.2) is 35.6 Å². The van der Waals surface area contributed by atoms with E-state index >= 15 is 0 Å². The molecule has 0 unspecified atom stereocenters. The summed E-state index contributed by atoms with van der Waals surface area (Å²) >= 11 is 1.63. The van der Waals surface area contributed by atoms with Crippen molar-refractivity contribution in [2.24, 2.45) is 0 Å². The number of nitrogens with one attached hydrogen (secondary N) is 1. The van der Waals surface area contributed by atoms with Crippen molar-refractivity contribution >= 4 is 35.0 Å². The molecule has 2 saturated heterocycles. The van der Waals surface area contributed by atoms with Gasteiger partial charge in [0.2, 0.25) is 5.91 Å². The predicted octanol–water partition coefficient (Wildman–Crippen LogP) is 5.70. The highest BCUT2D eigenvalue weighted by Crippen LogP contribution is 2.39. The van der Waals surface area contributed by atoms with Crippen molar-refractivity contribution in [2.75, 3.05) is 29.1 Å². The normalized spacial score (nSPS) is 18.2. The maximum absolute atomic E-state index is 12.8. The first-order valence-electron chi connectivity index (χ1n) is 11.9. The lowest BCUT2D eigenvalue weighted by Crippen LogP contribution is -2.29. The van der Waals surface area contributed by atoms with Gasteiger partial charge in [-0.25, -0.2) is 0 Å². The van der Waals surface area contributed by atoms with E-state index in [1.807, 2.05) is 71.6 Å². The second-order valence-electron chi connectivity index (χ2n) is 8.84. The molecule has 5 rings (SSSR count). The van der Waals surface area contributed by atoms with Gasteiger partial charge in [-0.05, 0) is 66.8 Å². The number of rotatable bonds is 6. The van der Waals surface area contributed by atoms with Crippen LogP contribution in [0.5, 0.6) is 0 Å². The van der Waals surface area contributed by atoms with Gasteiger partial charge in [-0.2, -0.15) is 0 Å². The average molecular weight is 472 g/mol. The second kappa shape index (κ2) is 10.3. The Kier molecular flexibility index (Phi) is 6.86. The standard InChI is InChI=1S/C28H29N3O2S/c32-26-20-34-28(31(26)19-21-7-3-1-4-8-21)23-11-9-22(10-12-23)27(33)29-24-13-15-25(16-14-24)30-17-5-2-6-18-30/h1,3-4,7-16,28H,2,5-6,17-20H2,(H,29,33)/t28-/m1/s1. The molecule has 174 valence electrons. The first-order chi connectivity index (χ1) is 16.7. The Labute approximate surface area is 205 Å². The van der Waals surface area contributed by atoms with Gasteiger partial charge in [-0.15, -0.1) is 11.8 Å². The molecular weight excluding hydrogens is 442 g/mol. The van der Waals surface area contributed by atoms with Gasteiger partial charge in [0.1, 0.15) is 5.37 Å². The predicted molar refractivity (Wildman–Crippen MR) is 139 cm³/mol. The maximum Gasteiger partial charge on any atom is 0.255 e. The van der Waals surface area contributed by atoms with Crippen molar-refractivity contribution in [2.45, 2.75) is 31.2 Å². The molecule has 1 N–H and O–H groups in total. The molecule has 0 spiro atoms. The molecule has 2 fully saturated rings. The summed E-state index contributed by atoms with van der Waals surface area (Å²) in [6.07, 6.45) is 3.79. The van der Waals surface area contributed by atoms with E-state index in [1.165, 1.54) is 24.9 Å². The Morgan fingerprint density at radius 1 is 0.882 bits per heavy atom. The average Bonchev–Trinajstić information content (AvgIpc) is 3.25. The Bertz CT molecular complexity index is 1130. The van der Waals surface area contributed by atoms with E-state index < -0.39 is 0 Å². The summed E-state index contributed by atoms with van der Waals surface area (Å²) in [5, 5.41) is 2.96. The molecule has 0 bridgehead atoms. The third-order valence-electron chi connectivity index (χ3n) is 6.47. The number of carbonyl (C=O) groups is 2. The number of piperidine rings is 1. The maximum atomic E-state index is 12.8. The molecule has 3 aromatic rings. The highest BCUT2D eigenvalue weighted by Gasteiger charge is 2.32. The fraction of sp³-hybridized carbons (Fsp3) is 0.286. The number of benzene rings is 3. The topological polar surface area (TPSA) is 52.7 Å². The van der Waals surface area contributed by atoms with E-state index in [-0.39, 0.29) is 17.2 Å². The Morgan fingerprint density at radius 3 is 2.29 bits per heavy atom. The Morgan fingerprint density at radius 2 is 1.59 bits per heavy atom. The molecule has 6 heteroatoms. The van der Waals surface area contributed by atoms with Gasteiger partial charge in [-0.3, -0.25) is 9.59 Å². The van der Waals surface area contributed by atoms with Crippen LogP contribution in [0, 0.1) is 0 Å². The molecule has 34 heavy (non-hydrogen) atoms. The molecule has 1 atom stereocenters. The van der Waals surface area contributed by atoms with Gasteiger partial charge >= 0.3 is 0 Å². The highest BCUT2D eigenvalue weighted by atomic mass is 32.2. The van der Waals surface area contributed by atoms with Crippen molar-refractivity contribution in [1.82, 2.24) is 4.90 Å². The van der Waals surface area contributed by atoms with Crippen molar-refractivity contribution in [3.63, 3.8) is 0 Å². The van der Waals surface area contributed by atoms with Gasteiger partial charge in [0, 0.05) is 36.6 Å². The van der Waals surface area contributed by atoms with Crippen molar-refractivity contribution in [3.8, 4) is 0 Å². The number of hydrogen-bond donors (Lipinski definition) is 1. The zero-order valence-corrected chi connectivity index (χ0v) is 20.0. The summed E-state index contributed by atoms with van der Waals surface area (Å²) < 4.78 is 0. The first kappa shape index (κ1) is 22.5. The molecule has 0 radical (unpaired) electrons. The molecule has 3 aromatic carbocycles. The number of thioether (sulfide) groups is 1. The molecule has 5 nitrogen and oxygen atoms in total. The first-order valence-corrected chi connectivity index (χ1v) is 12.9. The van der Waals surface area contributed by atoms with Crippen LogP contribution in [0.2, 0.25) is 0 Å². The summed E-state index contributed by atoms with van der Waals surface area (Å²) in [7, 11) is 0. The Balaban J connectivity index is 1.23. The van der Waals surface area contributed by atoms with Crippen LogP contribution in [0.1, 0.15) is 46.1 Å². The summed E-state index contributed by atoms with van der Waals surface area (Å²) in [4.78, 5) is 29.6. The largest absolute Gasteiger partial charge is 0.372 e. The fourth-order valence-corrected chi connectivity index (χ4v) is 5.78. The molecule has 2 heterocycles. The number of hydrogen-bond acceptors (Lipinski definition) is 4. The fourth-order valence-electron chi connectivity index (χ4n) is 4.59. The second-order valence-corrected chi connectivity index (χ2v) is 9.91. The zero-order valence-electron chi connectivity index (χ0n) is 19.2. The van der Waals surface area contributed by atoms with Crippen molar-refractivity contribution < 1.29 is 9.59 Å². The molecule has 2 amide bonds. The van der Waals surface area contributed by atoms with Crippen LogP contribution < -0.4 is 10.2 Å². The van der Waals surface area contributed by atoms with Crippen LogP contribution in [0.25, 0.3) is 0 Å². The number of anilines is 2. The zero-order chi connectivity index (χ0) is 23.3. The smallest absolute Gasteiger partial charge is 0.255 e. The lowest BCUT2D eigenvalue weighted by molar-refractivity contribution is -0.128. The van der Waals surface area contributed by atoms with E-state index in [0.717, 1.165) is 29.9 Å². The van der Waals surface area contributed by atoms with E-state index in [1.54, 1.807) is 11.8 Å². The minimum Gasteiger partial charge on any atom is -0.372 e. The van der Waals surface area contributed by atoms with Crippen LogP contribution >= 0.6 is 11.8 Å². The molecular formula is C28H29N3O2S. The quantitative estimate of drug-likeness (QED) is 0.501. The minimum absolute atomic E-state index is 0.0350. The SMILES string of the molecule is O=C(Nc1ccc(N2CCCCC2)cc1)c1ccc([C@H]2SCC(=O)N2Cc2ccccc2)cc1. The third kappa shape index (κ3) is 5.12. The molecule has 0 aliphatic carbocycles.